The predicted octanol–water partition coefficient (Wildman–Crippen LogP) is 15.5. The number of benzene rings is 11. The molecule has 0 saturated carbocycles. The SMILES string of the molecule is c1ccc2cc3c(cc2c1)sc1cc(-c2c4ccccc4c(-c4cc5c6ccccc6c6ccccc6c5c5ccccc45)c4ccccc24)ccc13. The smallest absolute Gasteiger partial charge is 0.0361 e. The van der Waals surface area contributed by atoms with Gasteiger partial charge in [-0.15, -0.1) is 11.3 Å². The molecular formula is C52H30S. The molecule has 0 bridgehead atoms. The van der Waals surface area contributed by atoms with Crippen molar-refractivity contribution in [2.45, 2.75) is 0 Å². The Balaban J connectivity index is 1.19. The molecule has 1 heterocycles. The first-order valence-electron chi connectivity index (χ1n) is 18.3. The minimum Gasteiger partial charge on any atom is -0.135 e. The van der Waals surface area contributed by atoms with E-state index in [4.69, 9.17) is 0 Å². The van der Waals surface area contributed by atoms with E-state index in [0.29, 0.717) is 0 Å². The van der Waals surface area contributed by atoms with Crippen molar-refractivity contribution in [3.8, 4) is 22.3 Å². The van der Waals surface area contributed by atoms with Gasteiger partial charge >= 0.3 is 0 Å². The number of hydrogen-bond acceptors (Lipinski definition) is 1. The Hall–Kier alpha value is -6.54. The van der Waals surface area contributed by atoms with E-state index in [2.05, 4.69) is 182 Å². The Labute approximate surface area is 309 Å². The van der Waals surface area contributed by atoms with Crippen LogP contribution in [-0.2, 0) is 0 Å². The molecule has 0 aliphatic carbocycles. The monoisotopic (exact) mass is 686 g/mol. The third-order valence-electron chi connectivity index (χ3n) is 11.6. The van der Waals surface area contributed by atoms with Crippen LogP contribution in [0.2, 0.25) is 0 Å². The Morgan fingerprint density at radius 1 is 0.264 bits per heavy atom. The fourth-order valence-corrected chi connectivity index (χ4v) is 10.5. The predicted molar refractivity (Wildman–Crippen MR) is 233 cm³/mol. The number of hydrogen-bond donors (Lipinski definition) is 0. The lowest BCUT2D eigenvalue weighted by atomic mass is 9.82. The molecule has 12 aromatic rings. The largest absolute Gasteiger partial charge is 0.135 e. The molecule has 0 nitrogen and oxygen atoms in total. The average Bonchev–Trinajstić information content (AvgIpc) is 3.58. The van der Waals surface area contributed by atoms with Gasteiger partial charge in [-0.25, -0.2) is 0 Å². The molecule has 0 unspecified atom stereocenters. The van der Waals surface area contributed by atoms with Crippen molar-refractivity contribution in [2.24, 2.45) is 0 Å². The molecular weight excluding hydrogens is 657 g/mol. The lowest BCUT2D eigenvalue weighted by molar-refractivity contribution is 1.70. The van der Waals surface area contributed by atoms with E-state index in [1.165, 1.54) is 118 Å². The molecule has 0 spiro atoms. The molecule has 0 N–H and O–H groups in total. The number of rotatable bonds is 2. The molecule has 0 aliphatic heterocycles. The highest BCUT2D eigenvalue weighted by Crippen LogP contribution is 2.49. The molecule has 0 radical (unpaired) electrons. The van der Waals surface area contributed by atoms with E-state index in [9.17, 15) is 0 Å². The molecule has 244 valence electrons. The molecule has 11 aromatic carbocycles. The second kappa shape index (κ2) is 11.0. The van der Waals surface area contributed by atoms with E-state index in [1.54, 1.807) is 0 Å². The Morgan fingerprint density at radius 2 is 0.717 bits per heavy atom. The van der Waals surface area contributed by atoms with Crippen molar-refractivity contribution in [3.05, 3.63) is 182 Å². The first-order chi connectivity index (χ1) is 26.3. The summed E-state index contributed by atoms with van der Waals surface area (Å²) in [4.78, 5) is 0. The van der Waals surface area contributed by atoms with Crippen LogP contribution in [0.15, 0.2) is 182 Å². The van der Waals surface area contributed by atoms with Gasteiger partial charge in [0.15, 0.2) is 0 Å². The summed E-state index contributed by atoms with van der Waals surface area (Å²) < 4.78 is 2.66. The van der Waals surface area contributed by atoms with Gasteiger partial charge in [-0.2, -0.15) is 0 Å². The van der Waals surface area contributed by atoms with E-state index in [1.807, 2.05) is 11.3 Å². The van der Waals surface area contributed by atoms with Gasteiger partial charge in [0.1, 0.15) is 0 Å². The van der Waals surface area contributed by atoms with E-state index < -0.39 is 0 Å². The summed E-state index contributed by atoms with van der Waals surface area (Å²) in [6.45, 7) is 0. The standard InChI is InChI=1S/C52H30S/c1-2-14-32-28-49-45(27-31(32)13-1)38-26-25-33(29-48(38)53-49)50-41-21-9-11-23-43(41)52(44-24-12-10-22-42(44)50)47-30-46-36-17-4-3-15-34(36)35-16-5-7-19-39(35)51(46)40-20-8-6-18-37(40)47/h1-30H. The van der Waals surface area contributed by atoms with Crippen molar-refractivity contribution in [1.82, 2.24) is 0 Å². The van der Waals surface area contributed by atoms with Gasteiger partial charge in [0.2, 0.25) is 0 Å². The third kappa shape index (κ3) is 4.11. The minimum atomic E-state index is 1.26. The van der Waals surface area contributed by atoms with Crippen LogP contribution in [0, 0.1) is 0 Å². The van der Waals surface area contributed by atoms with Crippen LogP contribution in [0.3, 0.4) is 0 Å². The van der Waals surface area contributed by atoms with Gasteiger partial charge < -0.3 is 0 Å². The molecule has 1 heteroatoms. The number of fused-ring (bicyclic) bond motifs is 14. The van der Waals surface area contributed by atoms with Crippen LogP contribution in [0.25, 0.3) is 118 Å². The Morgan fingerprint density at radius 3 is 1.36 bits per heavy atom. The highest BCUT2D eigenvalue weighted by Gasteiger charge is 2.21. The summed E-state index contributed by atoms with van der Waals surface area (Å²) in [6.07, 6.45) is 0. The zero-order valence-electron chi connectivity index (χ0n) is 28.7. The van der Waals surface area contributed by atoms with Crippen LogP contribution in [0.4, 0.5) is 0 Å². The lowest BCUT2D eigenvalue weighted by Crippen LogP contribution is -1.93. The molecule has 12 rings (SSSR count). The van der Waals surface area contributed by atoms with Crippen molar-refractivity contribution in [1.29, 1.82) is 0 Å². The Bertz CT molecular complexity index is 3450. The van der Waals surface area contributed by atoms with Crippen molar-refractivity contribution in [3.63, 3.8) is 0 Å². The molecule has 0 aliphatic rings. The summed E-state index contributed by atoms with van der Waals surface area (Å²) in [5.41, 5.74) is 5.13. The van der Waals surface area contributed by atoms with Crippen LogP contribution >= 0.6 is 11.3 Å². The van der Waals surface area contributed by atoms with Gasteiger partial charge in [-0.1, -0.05) is 158 Å². The average molecular weight is 687 g/mol. The van der Waals surface area contributed by atoms with Gasteiger partial charge in [-0.3, -0.25) is 0 Å². The Kier molecular flexibility index (Phi) is 6.03. The maximum absolute atomic E-state index is 2.49. The van der Waals surface area contributed by atoms with Crippen molar-refractivity contribution in [2.75, 3.05) is 0 Å². The summed E-state index contributed by atoms with van der Waals surface area (Å²) in [5.74, 6) is 0. The highest BCUT2D eigenvalue weighted by atomic mass is 32.1. The van der Waals surface area contributed by atoms with Crippen molar-refractivity contribution >= 4 is 107 Å². The van der Waals surface area contributed by atoms with E-state index in [0.717, 1.165) is 0 Å². The van der Waals surface area contributed by atoms with Crippen LogP contribution in [0.1, 0.15) is 0 Å². The summed E-state index contributed by atoms with van der Waals surface area (Å²) >= 11 is 1.90. The molecule has 53 heavy (non-hydrogen) atoms. The molecule has 1 aromatic heterocycles. The summed E-state index contributed by atoms with van der Waals surface area (Å²) in [6, 6.07) is 68.1. The fraction of sp³-hybridized carbons (Fsp3) is 0. The second-order valence-electron chi connectivity index (χ2n) is 14.3. The zero-order chi connectivity index (χ0) is 34.6. The molecule has 0 atom stereocenters. The first-order valence-corrected chi connectivity index (χ1v) is 19.2. The second-order valence-corrected chi connectivity index (χ2v) is 15.4. The maximum atomic E-state index is 2.49. The fourth-order valence-electron chi connectivity index (χ4n) is 9.32. The molecule has 0 saturated heterocycles. The summed E-state index contributed by atoms with van der Waals surface area (Å²) in [7, 11) is 0. The topological polar surface area (TPSA) is 0 Å². The van der Waals surface area contributed by atoms with E-state index in [-0.39, 0.29) is 0 Å². The maximum Gasteiger partial charge on any atom is 0.0361 e. The zero-order valence-corrected chi connectivity index (χ0v) is 29.5. The van der Waals surface area contributed by atoms with E-state index >= 15 is 0 Å². The molecule has 0 fully saturated rings. The van der Waals surface area contributed by atoms with Crippen LogP contribution < -0.4 is 0 Å². The number of thiophene rings is 1. The minimum absolute atomic E-state index is 1.26. The summed E-state index contributed by atoms with van der Waals surface area (Å²) in [5, 5.41) is 20.8. The van der Waals surface area contributed by atoms with Crippen molar-refractivity contribution < 1.29 is 0 Å². The van der Waals surface area contributed by atoms with Crippen LogP contribution in [0.5, 0.6) is 0 Å². The van der Waals surface area contributed by atoms with Gasteiger partial charge in [0.05, 0.1) is 0 Å². The van der Waals surface area contributed by atoms with Gasteiger partial charge in [-0.05, 0) is 122 Å². The van der Waals surface area contributed by atoms with Crippen LogP contribution in [-0.4, -0.2) is 0 Å². The third-order valence-corrected chi connectivity index (χ3v) is 12.7. The quantitative estimate of drug-likeness (QED) is 0.125. The first kappa shape index (κ1) is 29.1. The normalized spacial score (nSPS) is 12.2. The van der Waals surface area contributed by atoms with Gasteiger partial charge in [0.25, 0.3) is 0 Å². The lowest BCUT2D eigenvalue weighted by Gasteiger charge is -2.20. The van der Waals surface area contributed by atoms with Gasteiger partial charge in [0, 0.05) is 20.2 Å². The highest BCUT2D eigenvalue weighted by molar-refractivity contribution is 7.25. The molecule has 0 amide bonds.